The molecule has 3 N–H and O–H groups in total. The summed E-state index contributed by atoms with van der Waals surface area (Å²) in [5.74, 6) is 0.437. The van der Waals surface area contributed by atoms with Crippen LogP contribution in [0, 0.1) is 0 Å². The summed E-state index contributed by atoms with van der Waals surface area (Å²) in [6.45, 7) is 2.81. The van der Waals surface area contributed by atoms with E-state index in [1.54, 1.807) is 6.20 Å². The van der Waals surface area contributed by atoms with Gasteiger partial charge in [0, 0.05) is 18.1 Å². The minimum atomic E-state index is 0. The van der Waals surface area contributed by atoms with Crippen molar-refractivity contribution in [3.63, 3.8) is 0 Å². The molecule has 0 aliphatic heterocycles. The molecule has 1 heterocycles. The van der Waals surface area contributed by atoms with Crippen molar-refractivity contribution in [2.24, 2.45) is 10.7 Å². The van der Waals surface area contributed by atoms with Crippen LogP contribution in [0.1, 0.15) is 13.3 Å². The molecule has 0 atom stereocenters. The second kappa shape index (κ2) is 7.07. The van der Waals surface area contributed by atoms with Crippen molar-refractivity contribution in [3.05, 3.63) is 11.6 Å². The summed E-state index contributed by atoms with van der Waals surface area (Å²) >= 11 is 1.50. The Balaban J connectivity index is 0.00000144. The largest absolute Gasteiger partial charge is 0.370 e. The molecule has 1 aromatic heterocycles. The van der Waals surface area contributed by atoms with Gasteiger partial charge >= 0.3 is 0 Å². The van der Waals surface area contributed by atoms with Gasteiger partial charge in [0.25, 0.3) is 0 Å². The lowest BCUT2D eigenvalue weighted by molar-refractivity contribution is 0.929. The second-order valence-electron chi connectivity index (χ2n) is 2.23. The van der Waals surface area contributed by atoms with Gasteiger partial charge in [-0.1, -0.05) is 6.92 Å². The molecule has 0 aliphatic carbocycles. The highest BCUT2D eigenvalue weighted by molar-refractivity contribution is 14.0. The molecule has 74 valence electrons. The zero-order valence-corrected chi connectivity index (χ0v) is 10.5. The number of nitrogens with two attached hydrogens (primary N) is 1. The third kappa shape index (κ3) is 5.04. The lowest BCUT2D eigenvalue weighted by Gasteiger charge is -1.99. The van der Waals surface area contributed by atoms with Crippen LogP contribution in [0.3, 0.4) is 0 Å². The Morgan fingerprint density at radius 1 is 1.77 bits per heavy atom. The normalized spacial score (nSPS) is 10.7. The first-order valence-corrected chi connectivity index (χ1v) is 4.67. The fraction of sp³-hybridized carbons (Fsp3) is 0.429. The molecule has 0 fully saturated rings. The van der Waals surface area contributed by atoms with Gasteiger partial charge in [-0.2, -0.15) is 0 Å². The molecule has 1 aromatic rings. The molecule has 0 bridgehead atoms. The molecule has 0 spiro atoms. The van der Waals surface area contributed by atoms with E-state index in [9.17, 15) is 0 Å². The van der Waals surface area contributed by atoms with E-state index in [-0.39, 0.29) is 24.0 Å². The fourth-order valence-corrected chi connectivity index (χ4v) is 1.20. The first-order chi connectivity index (χ1) is 5.83. The van der Waals surface area contributed by atoms with Crippen LogP contribution in [-0.4, -0.2) is 17.5 Å². The average molecular weight is 312 g/mol. The van der Waals surface area contributed by atoms with Gasteiger partial charge in [0.05, 0.1) is 0 Å². The summed E-state index contributed by atoms with van der Waals surface area (Å²) in [5, 5.41) is 5.56. The van der Waals surface area contributed by atoms with Crippen LogP contribution in [0.5, 0.6) is 0 Å². The minimum absolute atomic E-state index is 0. The summed E-state index contributed by atoms with van der Waals surface area (Å²) in [6.07, 6.45) is 2.72. The smallest absolute Gasteiger partial charge is 0.194 e. The van der Waals surface area contributed by atoms with Crippen LogP contribution in [0.15, 0.2) is 16.6 Å². The van der Waals surface area contributed by atoms with Gasteiger partial charge in [0.15, 0.2) is 11.1 Å². The van der Waals surface area contributed by atoms with E-state index in [0.29, 0.717) is 5.96 Å². The van der Waals surface area contributed by atoms with E-state index in [1.807, 2.05) is 5.38 Å². The van der Waals surface area contributed by atoms with E-state index < -0.39 is 0 Å². The number of rotatable bonds is 3. The molecule has 0 saturated carbocycles. The number of thiazole rings is 1. The van der Waals surface area contributed by atoms with Gasteiger partial charge in [-0.05, 0) is 6.42 Å². The predicted molar refractivity (Wildman–Crippen MR) is 67.9 cm³/mol. The Morgan fingerprint density at radius 3 is 3.08 bits per heavy atom. The van der Waals surface area contributed by atoms with E-state index in [2.05, 4.69) is 22.2 Å². The molecule has 1 rings (SSSR count). The topological polar surface area (TPSA) is 63.3 Å². The lowest BCUT2D eigenvalue weighted by atomic mass is 10.5. The highest BCUT2D eigenvalue weighted by atomic mass is 127. The summed E-state index contributed by atoms with van der Waals surface area (Å²) < 4.78 is 0. The number of nitrogens with zero attached hydrogens (tertiary/aromatic N) is 2. The minimum Gasteiger partial charge on any atom is -0.370 e. The van der Waals surface area contributed by atoms with Crippen molar-refractivity contribution in [2.75, 3.05) is 11.9 Å². The van der Waals surface area contributed by atoms with Gasteiger partial charge in [0.2, 0.25) is 0 Å². The Labute approximate surface area is 98.7 Å². The molecule has 0 radical (unpaired) electrons. The number of aromatic nitrogens is 1. The van der Waals surface area contributed by atoms with Crippen molar-refractivity contribution in [2.45, 2.75) is 13.3 Å². The second-order valence-corrected chi connectivity index (χ2v) is 3.12. The maximum absolute atomic E-state index is 5.56. The lowest BCUT2D eigenvalue weighted by Crippen LogP contribution is -2.22. The Kier molecular flexibility index (Phi) is 6.87. The fourth-order valence-electron chi connectivity index (χ4n) is 0.667. The highest BCUT2D eigenvalue weighted by Crippen LogP contribution is 2.08. The number of halogens is 1. The standard InChI is InChI=1S/C7H12N4S.HI/c1-2-3-9-6(8)11-7-10-4-5-12-7;/h4-5H,2-3H2,1H3,(H3,8,9,10,11);1H. The van der Waals surface area contributed by atoms with Crippen LogP contribution >= 0.6 is 35.3 Å². The van der Waals surface area contributed by atoms with Crippen molar-refractivity contribution in [1.82, 2.24) is 4.98 Å². The van der Waals surface area contributed by atoms with Crippen LogP contribution in [0.25, 0.3) is 0 Å². The molecule has 4 nitrogen and oxygen atoms in total. The van der Waals surface area contributed by atoms with Crippen LogP contribution < -0.4 is 11.1 Å². The summed E-state index contributed by atoms with van der Waals surface area (Å²) in [4.78, 5) is 8.08. The number of hydrogen-bond donors (Lipinski definition) is 2. The molecule has 6 heteroatoms. The summed E-state index contributed by atoms with van der Waals surface area (Å²) in [6, 6.07) is 0. The SMILES string of the molecule is CCCN=C(N)Nc1nccs1.I. The molecule has 0 aromatic carbocycles. The third-order valence-corrected chi connectivity index (χ3v) is 1.86. The molecular formula is C7H13IN4S. The zero-order chi connectivity index (χ0) is 8.81. The van der Waals surface area contributed by atoms with Crippen LogP contribution in [0.4, 0.5) is 5.13 Å². The summed E-state index contributed by atoms with van der Waals surface area (Å²) in [5.41, 5.74) is 5.56. The van der Waals surface area contributed by atoms with E-state index in [1.165, 1.54) is 11.3 Å². The number of nitrogens with one attached hydrogen (secondary N) is 1. The maximum atomic E-state index is 5.56. The monoisotopic (exact) mass is 312 g/mol. The van der Waals surface area contributed by atoms with Crippen molar-refractivity contribution in [1.29, 1.82) is 0 Å². The number of anilines is 1. The third-order valence-electron chi connectivity index (χ3n) is 1.17. The summed E-state index contributed by atoms with van der Waals surface area (Å²) in [7, 11) is 0. The van der Waals surface area contributed by atoms with Crippen molar-refractivity contribution >= 4 is 46.4 Å². The Morgan fingerprint density at radius 2 is 2.54 bits per heavy atom. The average Bonchev–Trinajstić information content (AvgIpc) is 2.53. The maximum Gasteiger partial charge on any atom is 0.194 e. The molecule has 0 amide bonds. The number of aliphatic imine (C=N–C) groups is 1. The van der Waals surface area contributed by atoms with Gasteiger partial charge in [0.1, 0.15) is 0 Å². The van der Waals surface area contributed by atoms with E-state index >= 15 is 0 Å². The van der Waals surface area contributed by atoms with Crippen LogP contribution in [0.2, 0.25) is 0 Å². The van der Waals surface area contributed by atoms with Crippen molar-refractivity contribution in [3.8, 4) is 0 Å². The number of hydrogen-bond acceptors (Lipinski definition) is 3. The van der Waals surface area contributed by atoms with Gasteiger partial charge in [-0.3, -0.25) is 4.99 Å². The van der Waals surface area contributed by atoms with Gasteiger partial charge in [-0.15, -0.1) is 35.3 Å². The first-order valence-electron chi connectivity index (χ1n) is 3.79. The Hall–Kier alpha value is -0.370. The first kappa shape index (κ1) is 12.6. The molecule has 0 unspecified atom stereocenters. The molecular weight excluding hydrogens is 299 g/mol. The van der Waals surface area contributed by atoms with E-state index in [4.69, 9.17) is 5.73 Å². The zero-order valence-electron chi connectivity index (χ0n) is 7.36. The Bertz CT molecular complexity index is 247. The number of guanidine groups is 1. The predicted octanol–water partition coefficient (Wildman–Crippen LogP) is 1.90. The van der Waals surface area contributed by atoms with Crippen molar-refractivity contribution < 1.29 is 0 Å². The molecule has 0 saturated heterocycles. The van der Waals surface area contributed by atoms with Crippen LogP contribution in [-0.2, 0) is 0 Å². The van der Waals surface area contributed by atoms with E-state index in [0.717, 1.165) is 18.1 Å². The highest BCUT2D eigenvalue weighted by Gasteiger charge is 1.94. The van der Waals surface area contributed by atoms with Gasteiger partial charge < -0.3 is 11.1 Å². The molecule has 13 heavy (non-hydrogen) atoms. The quantitative estimate of drug-likeness (QED) is 0.509. The molecule has 0 aliphatic rings. The van der Waals surface area contributed by atoms with Gasteiger partial charge in [-0.25, -0.2) is 4.98 Å².